The van der Waals surface area contributed by atoms with Gasteiger partial charge in [-0.25, -0.2) is 0 Å². The average Bonchev–Trinajstić information content (AvgIpc) is 2.91. The minimum Gasteiger partial charge on any atom is -0.338 e. The third-order valence-corrected chi connectivity index (χ3v) is 3.80. The Morgan fingerprint density at radius 2 is 2.07 bits per heavy atom. The van der Waals surface area contributed by atoms with Crippen LogP contribution >= 0.6 is 0 Å². The Balaban J connectivity index is 1.95. The van der Waals surface area contributed by atoms with Gasteiger partial charge in [0.25, 0.3) is 0 Å². The van der Waals surface area contributed by atoms with Crippen LogP contribution in [0, 0.1) is 5.92 Å². The number of nitrogens with one attached hydrogen (secondary N) is 1. The SMILES string of the molecule is CCN(C(=O)C1CCCC1)C1CCNC1. The van der Waals surface area contributed by atoms with Crippen LogP contribution in [0.3, 0.4) is 0 Å². The number of likely N-dealkylation sites (N-methyl/N-ethyl adjacent to an activating group) is 1. The summed E-state index contributed by atoms with van der Waals surface area (Å²) < 4.78 is 0. The van der Waals surface area contributed by atoms with Crippen molar-refractivity contribution in [1.82, 2.24) is 10.2 Å². The Hall–Kier alpha value is -0.570. The number of hydrogen-bond donors (Lipinski definition) is 1. The van der Waals surface area contributed by atoms with Crippen molar-refractivity contribution >= 4 is 5.91 Å². The van der Waals surface area contributed by atoms with Crippen LogP contribution in [0.1, 0.15) is 39.0 Å². The molecule has 2 aliphatic rings. The topological polar surface area (TPSA) is 32.3 Å². The fraction of sp³-hybridized carbons (Fsp3) is 0.917. The summed E-state index contributed by atoms with van der Waals surface area (Å²) in [6.45, 7) is 5.04. The summed E-state index contributed by atoms with van der Waals surface area (Å²) in [6.07, 6.45) is 5.87. The van der Waals surface area contributed by atoms with E-state index in [0.717, 1.165) is 38.9 Å². The first-order valence-corrected chi connectivity index (χ1v) is 6.34. The Bertz CT molecular complexity index is 218. The summed E-state index contributed by atoms with van der Waals surface area (Å²) in [5.74, 6) is 0.759. The number of nitrogens with zero attached hydrogens (tertiary/aromatic N) is 1. The van der Waals surface area contributed by atoms with Crippen molar-refractivity contribution in [3.05, 3.63) is 0 Å². The zero-order valence-corrected chi connectivity index (χ0v) is 9.67. The zero-order valence-electron chi connectivity index (χ0n) is 9.67. The van der Waals surface area contributed by atoms with Gasteiger partial charge in [-0.05, 0) is 32.7 Å². The van der Waals surface area contributed by atoms with Gasteiger partial charge in [0.2, 0.25) is 5.91 Å². The minimum atomic E-state index is 0.338. The van der Waals surface area contributed by atoms with Gasteiger partial charge in [0.05, 0.1) is 0 Å². The zero-order chi connectivity index (χ0) is 10.7. The molecule has 0 aromatic heterocycles. The maximum absolute atomic E-state index is 12.3. The molecule has 1 heterocycles. The second-order valence-corrected chi connectivity index (χ2v) is 4.75. The van der Waals surface area contributed by atoms with Crippen molar-refractivity contribution < 1.29 is 4.79 Å². The highest BCUT2D eigenvalue weighted by atomic mass is 16.2. The molecule has 1 amide bonds. The van der Waals surface area contributed by atoms with Crippen molar-refractivity contribution in [2.24, 2.45) is 5.92 Å². The maximum Gasteiger partial charge on any atom is 0.225 e. The van der Waals surface area contributed by atoms with Gasteiger partial charge in [-0.3, -0.25) is 4.79 Å². The van der Waals surface area contributed by atoms with Crippen LogP contribution < -0.4 is 5.32 Å². The van der Waals surface area contributed by atoms with Crippen LogP contribution in [0.25, 0.3) is 0 Å². The first-order valence-electron chi connectivity index (χ1n) is 6.34. The second-order valence-electron chi connectivity index (χ2n) is 4.75. The summed E-state index contributed by atoms with van der Waals surface area (Å²) in [7, 11) is 0. The van der Waals surface area contributed by atoms with E-state index in [4.69, 9.17) is 0 Å². The number of rotatable bonds is 3. The molecule has 0 aromatic carbocycles. The van der Waals surface area contributed by atoms with Crippen molar-refractivity contribution in [3.63, 3.8) is 0 Å². The van der Waals surface area contributed by atoms with E-state index in [-0.39, 0.29) is 0 Å². The predicted octanol–water partition coefficient (Wildman–Crippen LogP) is 1.39. The highest BCUT2D eigenvalue weighted by Crippen LogP contribution is 2.27. The van der Waals surface area contributed by atoms with Gasteiger partial charge >= 0.3 is 0 Å². The maximum atomic E-state index is 12.3. The molecule has 2 rings (SSSR count). The van der Waals surface area contributed by atoms with Crippen molar-refractivity contribution in [2.75, 3.05) is 19.6 Å². The molecule has 1 unspecified atom stereocenters. The van der Waals surface area contributed by atoms with Gasteiger partial charge in [-0.1, -0.05) is 12.8 Å². The molecule has 1 saturated carbocycles. The van der Waals surface area contributed by atoms with E-state index in [0.29, 0.717) is 17.9 Å². The molecular weight excluding hydrogens is 188 g/mol. The average molecular weight is 210 g/mol. The lowest BCUT2D eigenvalue weighted by Gasteiger charge is -2.29. The van der Waals surface area contributed by atoms with Crippen LogP contribution in [0.15, 0.2) is 0 Å². The molecule has 1 atom stereocenters. The highest BCUT2D eigenvalue weighted by Gasteiger charge is 2.31. The monoisotopic (exact) mass is 210 g/mol. The fourth-order valence-corrected chi connectivity index (χ4v) is 2.91. The van der Waals surface area contributed by atoms with E-state index >= 15 is 0 Å². The van der Waals surface area contributed by atoms with Gasteiger partial charge in [-0.15, -0.1) is 0 Å². The summed E-state index contributed by atoms with van der Waals surface area (Å²) in [5, 5.41) is 3.34. The van der Waals surface area contributed by atoms with Crippen molar-refractivity contribution in [3.8, 4) is 0 Å². The second kappa shape index (κ2) is 4.97. The summed E-state index contributed by atoms with van der Waals surface area (Å²) in [5.41, 5.74) is 0. The van der Waals surface area contributed by atoms with Crippen molar-refractivity contribution in [2.45, 2.75) is 45.1 Å². The molecule has 3 nitrogen and oxygen atoms in total. The number of amides is 1. The Morgan fingerprint density at radius 1 is 1.33 bits per heavy atom. The molecule has 1 aliphatic carbocycles. The summed E-state index contributed by atoms with van der Waals surface area (Å²) in [4.78, 5) is 14.4. The highest BCUT2D eigenvalue weighted by molar-refractivity contribution is 5.79. The van der Waals surface area contributed by atoms with E-state index in [1.54, 1.807) is 0 Å². The molecule has 86 valence electrons. The molecule has 0 aromatic rings. The van der Waals surface area contributed by atoms with Crippen LogP contribution in [-0.2, 0) is 4.79 Å². The lowest BCUT2D eigenvalue weighted by Crippen LogP contribution is -2.44. The third kappa shape index (κ3) is 2.33. The Morgan fingerprint density at radius 3 is 2.60 bits per heavy atom. The molecule has 1 N–H and O–H groups in total. The Kier molecular flexibility index (Phi) is 3.62. The predicted molar refractivity (Wildman–Crippen MR) is 60.6 cm³/mol. The van der Waals surface area contributed by atoms with Crippen LogP contribution in [0.2, 0.25) is 0 Å². The van der Waals surface area contributed by atoms with E-state index in [2.05, 4.69) is 17.1 Å². The molecule has 2 fully saturated rings. The molecule has 15 heavy (non-hydrogen) atoms. The van der Waals surface area contributed by atoms with E-state index < -0.39 is 0 Å². The van der Waals surface area contributed by atoms with Gasteiger partial charge in [0, 0.05) is 25.0 Å². The standard InChI is InChI=1S/C12H22N2O/c1-2-14(11-7-8-13-9-11)12(15)10-5-3-4-6-10/h10-11,13H,2-9H2,1H3. The molecule has 0 bridgehead atoms. The van der Waals surface area contributed by atoms with Gasteiger partial charge in [-0.2, -0.15) is 0 Å². The first-order chi connectivity index (χ1) is 7.33. The lowest BCUT2D eigenvalue weighted by atomic mass is 10.0. The molecule has 1 aliphatic heterocycles. The normalized spacial score (nSPS) is 27.1. The quantitative estimate of drug-likeness (QED) is 0.763. The summed E-state index contributed by atoms with van der Waals surface area (Å²) in [6, 6.07) is 0.461. The first kappa shape index (κ1) is 10.9. The molecular formula is C12H22N2O. The van der Waals surface area contributed by atoms with Gasteiger partial charge < -0.3 is 10.2 Å². The van der Waals surface area contributed by atoms with E-state index in [1.165, 1.54) is 12.8 Å². The summed E-state index contributed by atoms with van der Waals surface area (Å²) >= 11 is 0. The van der Waals surface area contributed by atoms with Gasteiger partial charge in [0.1, 0.15) is 0 Å². The Labute approximate surface area is 92.2 Å². The molecule has 0 spiro atoms. The lowest BCUT2D eigenvalue weighted by molar-refractivity contribution is -0.137. The largest absolute Gasteiger partial charge is 0.338 e. The van der Waals surface area contributed by atoms with Crippen LogP contribution in [0.4, 0.5) is 0 Å². The molecule has 3 heteroatoms. The fourth-order valence-electron chi connectivity index (χ4n) is 2.91. The number of carbonyl (C=O) groups is 1. The number of carbonyl (C=O) groups excluding carboxylic acids is 1. The number of hydrogen-bond acceptors (Lipinski definition) is 2. The van der Waals surface area contributed by atoms with Crippen molar-refractivity contribution in [1.29, 1.82) is 0 Å². The minimum absolute atomic E-state index is 0.338. The van der Waals surface area contributed by atoms with Crippen LogP contribution in [-0.4, -0.2) is 36.5 Å². The molecule has 1 saturated heterocycles. The smallest absolute Gasteiger partial charge is 0.225 e. The van der Waals surface area contributed by atoms with E-state index in [9.17, 15) is 4.79 Å². The van der Waals surface area contributed by atoms with Crippen LogP contribution in [0.5, 0.6) is 0 Å². The third-order valence-electron chi connectivity index (χ3n) is 3.80. The van der Waals surface area contributed by atoms with E-state index in [1.807, 2.05) is 0 Å². The van der Waals surface area contributed by atoms with Gasteiger partial charge in [0.15, 0.2) is 0 Å². The molecule has 0 radical (unpaired) electrons.